The molecule has 2 aromatic heterocycles. The highest BCUT2D eigenvalue weighted by atomic mass is 35.5. The lowest BCUT2D eigenvalue weighted by Crippen LogP contribution is -2.08. The zero-order chi connectivity index (χ0) is 11.0. The minimum atomic E-state index is 0.352. The molecule has 1 aliphatic rings. The van der Waals surface area contributed by atoms with E-state index in [1.807, 2.05) is 0 Å². The van der Waals surface area contributed by atoms with E-state index in [9.17, 15) is 0 Å². The number of imidazole rings is 1. The molecule has 2 aromatic rings. The number of aromatic nitrogens is 4. The van der Waals surface area contributed by atoms with Gasteiger partial charge in [0.15, 0.2) is 10.8 Å². The van der Waals surface area contributed by atoms with Crippen LogP contribution in [0.2, 0.25) is 5.15 Å². The average molecular weight is 235 g/mol. The lowest BCUT2D eigenvalue weighted by atomic mass is 10.0. The molecule has 0 N–H and O–H groups in total. The number of allylic oxidation sites excluding steroid dienone is 2. The molecule has 4 nitrogen and oxygen atoms in total. The number of rotatable bonds is 1. The molecule has 0 bridgehead atoms. The van der Waals surface area contributed by atoms with Gasteiger partial charge >= 0.3 is 0 Å². The van der Waals surface area contributed by atoms with Gasteiger partial charge in [0.25, 0.3) is 0 Å². The topological polar surface area (TPSA) is 43.6 Å². The Morgan fingerprint density at radius 3 is 3.06 bits per heavy atom. The lowest BCUT2D eigenvalue weighted by Gasteiger charge is -2.17. The molecule has 2 heterocycles. The molecule has 0 radical (unpaired) electrons. The molecule has 0 fully saturated rings. The minimum Gasteiger partial charge on any atom is -0.308 e. The summed E-state index contributed by atoms with van der Waals surface area (Å²) < 4.78 is 2.07. The van der Waals surface area contributed by atoms with E-state index in [0.717, 1.165) is 12.1 Å². The van der Waals surface area contributed by atoms with Gasteiger partial charge in [0.2, 0.25) is 0 Å². The largest absolute Gasteiger partial charge is 0.308 e. The molecule has 0 amide bonds. The molecular weight excluding hydrogens is 224 g/mol. The fourth-order valence-corrected chi connectivity index (χ4v) is 2.27. The van der Waals surface area contributed by atoms with E-state index in [1.165, 1.54) is 19.2 Å². The Balaban J connectivity index is 2.13. The summed E-state index contributed by atoms with van der Waals surface area (Å²) in [6.45, 7) is 0. The summed E-state index contributed by atoms with van der Waals surface area (Å²) >= 11 is 5.96. The molecule has 16 heavy (non-hydrogen) atoms. The third-order valence-corrected chi connectivity index (χ3v) is 3.18. The molecule has 1 atom stereocenters. The van der Waals surface area contributed by atoms with Crippen LogP contribution in [-0.4, -0.2) is 19.5 Å². The van der Waals surface area contributed by atoms with Crippen LogP contribution in [0.5, 0.6) is 0 Å². The Morgan fingerprint density at radius 2 is 2.25 bits per heavy atom. The molecule has 1 aliphatic carbocycles. The zero-order valence-electron chi connectivity index (χ0n) is 8.67. The number of hydrogen-bond donors (Lipinski definition) is 0. The number of hydrogen-bond acceptors (Lipinski definition) is 3. The maximum atomic E-state index is 5.96. The van der Waals surface area contributed by atoms with Crippen LogP contribution in [0, 0.1) is 0 Å². The molecule has 0 unspecified atom stereocenters. The number of nitrogens with zero attached hydrogens (tertiary/aromatic N) is 4. The van der Waals surface area contributed by atoms with Gasteiger partial charge in [-0.05, 0) is 19.3 Å². The Labute approximate surface area is 98.0 Å². The van der Waals surface area contributed by atoms with Gasteiger partial charge in [-0.3, -0.25) is 0 Å². The van der Waals surface area contributed by atoms with Crippen molar-refractivity contribution in [1.29, 1.82) is 0 Å². The standard InChI is InChI=1S/C11H11ClN4/c12-10-9-11(14-6-13-10)16(7-15-9)8-4-2-1-3-5-8/h2,4,6-8H,1,3,5H2/t8-/m0/s1. The van der Waals surface area contributed by atoms with Crippen LogP contribution < -0.4 is 0 Å². The van der Waals surface area contributed by atoms with Crippen molar-refractivity contribution in [3.05, 3.63) is 30.0 Å². The summed E-state index contributed by atoms with van der Waals surface area (Å²) in [5.41, 5.74) is 1.50. The first-order chi connectivity index (χ1) is 7.86. The summed E-state index contributed by atoms with van der Waals surface area (Å²) in [4.78, 5) is 12.4. The maximum absolute atomic E-state index is 5.96. The molecule has 5 heteroatoms. The quantitative estimate of drug-likeness (QED) is 0.563. The molecule has 0 aromatic carbocycles. The Morgan fingerprint density at radius 1 is 1.31 bits per heavy atom. The molecule has 0 aliphatic heterocycles. The highest BCUT2D eigenvalue weighted by Gasteiger charge is 2.15. The van der Waals surface area contributed by atoms with Crippen molar-refractivity contribution in [2.45, 2.75) is 25.3 Å². The first kappa shape index (κ1) is 9.78. The van der Waals surface area contributed by atoms with Gasteiger partial charge in [0, 0.05) is 0 Å². The van der Waals surface area contributed by atoms with Crippen LogP contribution in [0.1, 0.15) is 25.3 Å². The maximum Gasteiger partial charge on any atom is 0.165 e. The van der Waals surface area contributed by atoms with E-state index < -0.39 is 0 Å². The van der Waals surface area contributed by atoms with E-state index in [4.69, 9.17) is 11.6 Å². The van der Waals surface area contributed by atoms with Crippen LogP contribution in [0.3, 0.4) is 0 Å². The van der Waals surface area contributed by atoms with Crippen molar-refractivity contribution in [2.75, 3.05) is 0 Å². The van der Waals surface area contributed by atoms with E-state index >= 15 is 0 Å². The monoisotopic (exact) mass is 234 g/mol. The van der Waals surface area contributed by atoms with Gasteiger partial charge in [-0.15, -0.1) is 0 Å². The van der Waals surface area contributed by atoms with E-state index in [1.54, 1.807) is 6.33 Å². The smallest absolute Gasteiger partial charge is 0.165 e. The van der Waals surface area contributed by atoms with Crippen molar-refractivity contribution in [3.8, 4) is 0 Å². The van der Waals surface area contributed by atoms with Crippen LogP contribution in [-0.2, 0) is 0 Å². The first-order valence-electron chi connectivity index (χ1n) is 5.36. The predicted molar refractivity (Wildman–Crippen MR) is 62.4 cm³/mol. The van der Waals surface area contributed by atoms with Crippen LogP contribution in [0.15, 0.2) is 24.8 Å². The van der Waals surface area contributed by atoms with Crippen molar-refractivity contribution >= 4 is 22.8 Å². The van der Waals surface area contributed by atoms with Gasteiger partial charge in [-0.1, -0.05) is 23.8 Å². The lowest BCUT2D eigenvalue weighted by molar-refractivity contribution is 0.525. The fraction of sp³-hybridized carbons (Fsp3) is 0.364. The Bertz CT molecular complexity index is 546. The molecule has 0 spiro atoms. The third kappa shape index (κ3) is 1.50. The molecular formula is C11H11ClN4. The van der Waals surface area contributed by atoms with Gasteiger partial charge in [0.1, 0.15) is 11.8 Å². The van der Waals surface area contributed by atoms with Crippen LogP contribution >= 0.6 is 11.6 Å². The molecule has 0 saturated heterocycles. The zero-order valence-corrected chi connectivity index (χ0v) is 9.43. The Kier molecular flexibility index (Phi) is 2.36. The first-order valence-corrected chi connectivity index (χ1v) is 5.74. The molecule has 3 rings (SSSR count). The second kappa shape index (κ2) is 3.87. The van der Waals surface area contributed by atoms with Crippen molar-refractivity contribution < 1.29 is 0 Å². The second-order valence-corrected chi connectivity index (χ2v) is 4.27. The summed E-state index contributed by atoms with van der Waals surface area (Å²) in [6.07, 6.45) is 11.2. The highest BCUT2D eigenvalue weighted by Crippen LogP contribution is 2.26. The van der Waals surface area contributed by atoms with Gasteiger partial charge < -0.3 is 4.57 Å². The molecule has 0 saturated carbocycles. The molecule has 82 valence electrons. The van der Waals surface area contributed by atoms with Crippen molar-refractivity contribution in [2.24, 2.45) is 0 Å². The highest BCUT2D eigenvalue weighted by molar-refractivity contribution is 6.33. The summed E-state index contributed by atoms with van der Waals surface area (Å²) in [5.74, 6) is 0. The second-order valence-electron chi connectivity index (χ2n) is 3.91. The van der Waals surface area contributed by atoms with E-state index in [-0.39, 0.29) is 0 Å². The summed E-state index contributed by atoms with van der Waals surface area (Å²) in [5, 5.41) is 0.420. The van der Waals surface area contributed by atoms with Crippen molar-refractivity contribution in [1.82, 2.24) is 19.5 Å². The normalized spacial score (nSPS) is 20.4. The van der Waals surface area contributed by atoms with Gasteiger partial charge in [0.05, 0.1) is 12.4 Å². The third-order valence-electron chi connectivity index (χ3n) is 2.90. The Hall–Kier alpha value is -1.42. The SMILES string of the molecule is Clc1ncnc2c1ncn2[C@H]1C=CCCC1. The summed E-state index contributed by atoms with van der Waals surface area (Å²) in [7, 11) is 0. The average Bonchev–Trinajstić information content (AvgIpc) is 2.75. The number of fused-ring (bicyclic) bond motifs is 1. The van der Waals surface area contributed by atoms with E-state index in [0.29, 0.717) is 16.7 Å². The van der Waals surface area contributed by atoms with Crippen molar-refractivity contribution in [3.63, 3.8) is 0 Å². The fourth-order valence-electron chi connectivity index (χ4n) is 2.09. The van der Waals surface area contributed by atoms with Crippen LogP contribution in [0.4, 0.5) is 0 Å². The predicted octanol–water partition coefficient (Wildman–Crippen LogP) is 2.76. The minimum absolute atomic E-state index is 0.352. The van der Waals surface area contributed by atoms with Crippen LogP contribution in [0.25, 0.3) is 11.2 Å². The number of halogens is 1. The van der Waals surface area contributed by atoms with Gasteiger partial charge in [-0.25, -0.2) is 15.0 Å². The van der Waals surface area contributed by atoms with Gasteiger partial charge in [-0.2, -0.15) is 0 Å². The summed E-state index contributed by atoms with van der Waals surface area (Å²) in [6, 6.07) is 0.352. The van der Waals surface area contributed by atoms with E-state index in [2.05, 4.69) is 31.7 Å².